The van der Waals surface area contributed by atoms with Crippen molar-refractivity contribution in [2.75, 3.05) is 11.8 Å². The second kappa shape index (κ2) is 6.94. The maximum absolute atomic E-state index is 12.9. The zero-order valence-electron chi connectivity index (χ0n) is 15.4. The summed E-state index contributed by atoms with van der Waals surface area (Å²) in [6.07, 6.45) is 1.59. The molecule has 6 nitrogen and oxygen atoms in total. The lowest BCUT2D eigenvalue weighted by molar-refractivity contribution is 0.0607. The number of esters is 1. The van der Waals surface area contributed by atoms with E-state index in [2.05, 4.69) is 30.5 Å². The Hall–Kier alpha value is -2.45. The number of aromatic nitrogens is 1. The van der Waals surface area contributed by atoms with Crippen LogP contribution in [0.1, 0.15) is 36.0 Å². The highest BCUT2D eigenvalue weighted by atomic mass is 32.2. The first-order valence-electron chi connectivity index (χ1n) is 8.22. The van der Waals surface area contributed by atoms with Gasteiger partial charge in [0.1, 0.15) is 9.71 Å². The summed E-state index contributed by atoms with van der Waals surface area (Å²) in [7, 11) is -2.63. The van der Waals surface area contributed by atoms with Crippen LogP contribution in [0.15, 0.2) is 47.5 Å². The van der Waals surface area contributed by atoms with Crippen LogP contribution in [0.25, 0.3) is 10.2 Å². The van der Waals surface area contributed by atoms with Crippen LogP contribution < -0.4 is 4.72 Å². The molecule has 0 amide bonds. The van der Waals surface area contributed by atoms with Crippen LogP contribution in [-0.4, -0.2) is 26.5 Å². The van der Waals surface area contributed by atoms with E-state index in [-0.39, 0.29) is 20.9 Å². The van der Waals surface area contributed by atoms with E-state index in [4.69, 9.17) is 4.74 Å². The average molecular weight is 405 g/mol. The number of hydrogen-bond acceptors (Lipinski definition) is 6. The Kier molecular flexibility index (Phi) is 4.96. The van der Waals surface area contributed by atoms with Gasteiger partial charge in [0.05, 0.1) is 17.7 Å². The number of thiophene rings is 1. The van der Waals surface area contributed by atoms with E-state index < -0.39 is 16.0 Å². The van der Waals surface area contributed by atoms with Crippen LogP contribution in [0.4, 0.5) is 5.69 Å². The van der Waals surface area contributed by atoms with Gasteiger partial charge in [-0.25, -0.2) is 18.2 Å². The number of sulfonamides is 1. The van der Waals surface area contributed by atoms with Crippen LogP contribution in [-0.2, 0) is 20.2 Å². The number of fused-ring (bicyclic) bond motifs is 1. The van der Waals surface area contributed by atoms with Gasteiger partial charge in [0.25, 0.3) is 10.0 Å². The van der Waals surface area contributed by atoms with Gasteiger partial charge in [0.2, 0.25) is 0 Å². The maximum Gasteiger partial charge on any atom is 0.350 e. The standard InChI is InChI=1S/C19H20N2O4S2/c1-19(2,3)12-7-9-13(10-8-12)27(23,24)21-15-14-6-5-11-20-17(14)26-16(15)18(22)25-4/h5-11,21H,1-4H3. The van der Waals surface area contributed by atoms with Crippen molar-refractivity contribution in [3.8, 4) is 0 Å². The van der Waals surface area contributed by atoms with Crippen LogP contribution in [0.3, 0.4) is 0 Å². The molecule has 27 heavy (non-hydrogen) atoms. The second-order valence-electron chi connectivity index (χ2n) is 7.03. The predicted octanol–water partition coefficient (Wildman–Crippen LogP) is 4.18. The number of ether oxygens (including phenoxy) is 1. The summed E-state index contributed by atoms with van der Waals surface area (Å²) >= 11 is 1.09. The number of benzene rings is 1. The smallest absolute Gasteiger partial charge is 0.350 e. The van der Waals surface area contributed by atoms with Crippen molar-refractivity contribution >= 4 is 43.2 Å². The molecule has 1 aromatic carbocycles. The largest absolute Gasteiger partial charge is 0.465 e. The Morgan fingerprint density at radius 1 is 1.15 bits per heavy atom. The molecule has 2 heterocycles. The van der Waals surface area contributed by atoms with Gasteiger partial charge in [0.15, 0.2) is 0 Å². The first kappa shape index (κ1) is 19.3. The Morgan fingerprint density at radius 2 is 1.81 bits per heavy atom. The van der Waals surface area contributed by atoms with Gasteiger partial charge < -0.3 is 4.74 Å². The van der Waals surface area contributed by atoms with Crippen LogP contribution in [0, 0.1) is 0 Å². The molecule has 0 fully saturated rings. The van der Waals surface area contributed by atoms with E-state index in [1.807, 2.05) is 0 Å². The minimum atomic E-state index is -3.88. The normalized spacial score (nSPS) is 12.1. The fraction of sp³-hybridized carbons (Fsp3) is 0.263. The van der Waals surface area contributed by atoms with Gasteiger partial charge in [-0.2, -0.15) is 0 Å². The SMILES string of the molecule is COC(=O)c1sc2ncccc2c1NS(=O)(=O)c1ccc(C(C)(C)C)cc1. The van der Waals surface area contributed by atoms with Gasteiger partial charge in [-0.1, -0.05) is 32.9 Å². The van der Waals surface area contributed by atoms with Crippen LogP contribution in [0.5, 0.6) is 0 Å². The molecule has 8 heteroatoms. The van der Waals surface area contributed by atoms with Crippen molar-refractivity contribution in [3.05, 3.63) is 53.0 Å². The van der Waals surface area contributed by atoms with Crippen LogP contribution in [0.2, 0.25) is 0 Å². The highest BCUT2D eigenvalue weighted by Crippen LogP contribution is 2.36. The Labute approximate surface area is 162 Å². The van der Waals surface area contributed by atoms with Crippen molar-refractivity contribution in [1.82, 2.24) is 4.98 Å². The summed E-state index contributed by atoms with van der Waals surface area (Å²) in [5.74, 6) is -0.612. The van der Waals surface area contributed by atoms with E-state index in [0.29, 0.717) is 10.2 Å². The molecule has 3 aromatic rings. The molecular weight excluding hydrogens is 384 g/mol. The number of nitrogens with one attached hydrogen (secondary N) is 1. The fourth-order valence-electron chi connectivity index (χ4n) is 2.60. The van der Waals surface area contributed by atoms with Gasteiger partial charge in [-0.3, -0.25) is 4.72 Å². The highest BCUT2D eigenvalue weighted by molar-refractivity contribution is 7.92. The molecule has 0 aliphatic heterocycles. The molecule has 0 radical (unpaired) electrons. The number of rotatable bonds is 4. The van der Waals surface area contributed by atoms with Gasteiger partial charge in [-0.15, -0.1) is 11.3 Å². The number of carbonyl (C=O) groups excluding carboxylic acids is 1. The second-order valence-corrected chi connectivity index (χ2v) is 9.72. The summed E-state index contributed by atoms with van der Waals surface area (Å²) in [6.45, 7) is 6.17. The van der Waals surface area contributed by atoms with E-state index in [1.165, 1.54) is 7.11 Å². The molecule has 3 rings (SSSR count). The zero-order valence-corrected chi connectivity index (χ0v) is 17.1. The minimum Gasteiger partial charge on any atom is -0.465 e. The molecule has 2 aromatic heterocycles. The number of anilines is 1. The molecule has 0 saturated carbocycles. The first-order chi connectivity index (χ1) is 12.6. The minimum absolute atomic E-state index is 0.0804. The lowest BCUT2D eigenvalue weighted by atomic mass is 9.87. The van der Waals surface area contributed by atoms with Gasteiger partial charge in [0, 0.05) is 11.6 Å². The third-order valence-electron chi connectivity index (χ3n) is 4.10. The molecule has 142 valence electrons. The molecule has 0 aliphatic rings. The van der Waals surface area contributed by atoms with E-state index in [9.17, 15) is 13.2 Å². The lowest BCUT2D eigenvalue weighted by Gasteiger charge is -2.19. The summed E-state index contributed by atoms with van der Waals surface area (Å²) < 4.78 is 33.1. The molecular formula is C19H20N2O4S2. The molecule has 0 atom stereocenters. The number of pyridine rings is 1. The van der Waals surface area contributed by atoms with E-state index in [1.54, 1.807) is 42.6 Å². The van der Waals surface area contributed by atoms with Crippen LogP contribution >= 0.6 is 11.3 Å². The third kappa shape index (κ3) is 3.81. The molecule has 1 N–H and O–H groups in total. The quantitative estimate of drug-likeness (QED) is 0.659. The maximum atomic E-state index is 12.9. The Bertz CT molecular complexity index is 1090. The summed E-state index contributed by atoms with van der Waals surface area (Å²) in [4.78, 5) is 17.1. The predicted molar refractivity (Wildman–Crippen MR) is 107 cm³/mol. The van der Waals surface area contributed by atoms with E-state index in [0.717, 1.165) is 16.9 Å². The first-order valence-corrected chi connectivity index (χ1v) is 10.5. The number of carbonyl (C=O) groups is 1. The van der Waals surface area contributed by atoms with E-state index >= 15 is 0 Å². The van der Waals surface area contributed by atoms with Crippen molar-refractivity contribution in [1.29, 1.82) is 0 Å². The highest BCUT2D eigenvalue weighted by Gasteiger charge is 2.25. The average Bonchev–Trinajstić information content (AvgIpc) is 2.98. The van der Waals surface area contributed by atoms with Crippen molar-refractivity contribution < 1.29 is 17.9 Å². The fourth-order valence-corrected chi connectivity index (χ4v) is 4.77. The van der Waals surface area contributed by atoms with Crippen molar-refractivity contribution in [2.24, 2.45) is 0 Å². The number of methoxy groups -OCH3 is 1. The third-order valence-corrected chi connectivity index (χ3v) is 6.56. The van der Waals surface area contributed by atoms with Crippen molar-refractivity contribution in [3.63, 3.8) is 0 Å². The van der Waals surface area contributed by atoms with Gasteiger partial charge >= 0.3 is 5.97 Å². The molecule has 0 bridgehead atoms. The lowest BCUT2D eigenvalue weighted by Crippen LogP contribution is -2.16. The summed E-state index contributed by atoms with van der Waals surface area (Å²) in [5.41, 5.74) is 1.14. The van der Waals surface area contributed by atoms with Crippen molar-refractivity contribution in [2.45, 2.75) is 31.1 Å². The summed E-state index contributed by atoms with van der Waals surface area (Å²) in [5, 5.41) is 0.554. The molecule has 0 spiro atoms. The molecule has 0 saturated heterocycles. The number of nitrogens with zero attached hydrogens (tertiary/aromatic N) is 1. The Morgan fingerprint density at radius 3 is 2.41 bits per heavy atom. The topological polar surface area (TPSA) is 85.4 Å². The molecule has 0 unspecified atom stereocenters. The molecule has 0 aliphatic carbocycles. The zero-order chi connectivity index (χ0) is 19.8. The number of hydrogen-bond donors (Lipinski definition) is 1. The summed E-state index contributed by atoms with van der Waals surface area (Å²) in [6, 6.07) is 10.1. The monoisotopic (exact) mass is 404 g/mol. The Balaban J connectivity index is 2.04. The van der Waals surface area contributed by atoms with Gasteiger partial charge in [-0.05, 0) is 35.2 Å².